The zero-order valence-electron chi connectivity index (χ0n) is 12.9. The largest absolute Gasteiger partial charge is 0.496 e. The Kier molecular flexibility index (Phi) is 5.77. The fraction of sp³-hybridized carbons (Fsp3) is 0.294. The van der Waals surface area contributed by atoms with Gasteiger partial charge in [0.15, 0.2) is 0 Å². The molecular formula is C17H21N3O2. The number of methoxy groups -OCH3 is 1. The van der Waals surface area contributed by atoms with Gasteiger partial charge < -0.3 is 15.4 Å². The molecule has 1 heterocycles. The summed E-state index contributed by atoms with van der Waals surface area (Å²) in [4.78, 5) is 15.8. The third-order valence-corrected chi connectivity index (χ3v) is 3.18. The van der Waals surface area contributed by atoms with E-state index in [1.54, 1.807) is 13.3 Å². The van der Waals surface area contributed by atoms with Gasteiger partial charge in [-0.15, -0.1) is 0 Å². The molecule has 0 saturated carbocycles. The number of hydrogen-bond acceptors (Lipinski definition) is 4. The average molecular weight is 299 g/mol. The Morgan fingerprint density at radius 1 is 1.23 bits per heavy atom. The van der Waals surface area contributed by atoms with Gasteiger partial charge in [-0.05, 0) is 24.6 Å². The Morgan fingerprint density at radius 3 is 2.73 bits per heavy atom. The topological polar surface area (TPSA) is 63.2 Å². The number of para-hydroxylation sites is 1. The minimum Gasteiger partial charge on any atom is -0.496 e. The van der Waals surface area contributed by atoms with Crippen molar-refractivity contribution < 1.29 is 9.53 Å². The van der Waals surface area contributed by atoms with Gasteiger partial charge in [-0.2, -0.15) is 0 Å². The van der Waals surface area contributed by atoms with Crippen LogP contribution in [0.15, 0.2) is 42.6 Å². The van der Waals surface area contributed by atoms with Crippen molar-refractivity contribution in [1.82, 2.24) is 4.98 Å². The monoisotopic (exact) mass is 299 g/mol. The van der Waals surface area contributed by atoms with Crippen molar-refractivity contribution in [1.29, 1.82) is 0 Å². The van der Waals surface area contributed by atoms with Crippen molar-refractivity contribution in [3.05, 3.63) is 48.2 Å². The maximum atomic E-state index is 11.5. The lowest BCUT2D eigenvalue weighted by molar-refractivity contribution is -0.116. The van der Waals surface area contributed by atoms with Gasteiger partial charge in [-0.1, -0.05) is 25.1 Å². The molecule has 5 nitrogen and oxygen atoms in total. The summed E-state index contributed by atoms with van der Waals surface area (Å²) >= 11 is 0. The Bertz CT molecular complexity index is 612. The van der Waals surface area contributed by atoms with Gasteiger partial charge in [0.1, 0.15) is 11.6 Å². The van der Waals surface area contributed by atoms with Crippen LogP contribution in [0.2, 0.25) is 0 Å². The minimum absolute atomic E-state index is 0.0130. The lowest BCUT2D eigenvalue weighted by atomic mass is 10.2. The molecule has 0 radical (unpaired) electrons. The summed E-state index contributed by atoms with van der Waals surface area (Å²) in [5.41, 5.74) is 1.77. The van der Waals surface area contributed by atoms with Crippen LogP contribution in [0.5, 0.6) is 5.75 Å². The van der Waals surface area contributed by atoms with Crippen LogP contribution in [0.4, 0.5) is 11.5 Å². The lowest BCUT2D eigenvalue weighted by Crippen LogP contribution is -2.11. The average Bonchev–Trinajstić information content (AvgIpc) is 2.54. The molecule has 0 atom stereocenters. The van der Waals surface area contributed by atoms with Crippen LogP contribution < -0.4 is 15.4 Å². The number of ether oxygens (including phenoxy) is 1. The van der Waals surface area contributed by atoms with Crippen LogP contribution in [-0.2, 0) is 11.3 Å². The molecule has 5 heteroatoms. The summed E-state index contributed by atoms with van der Waals surface area (Å²) in [5, 5.41) is 6.05. The van der Waals surface area contributed by atoms with Gasteiger partial charge in [-0.25, -0.2) is 4.98 Å². The zero-order valence-corrected chi connectivity index (χ0v) is 12.9. The van der Waals surface area contributed by atoms with Crippen molar-refractivity contribution in [3.8, 4) is 5.75 Å². The van der Waals surface area contributed by atoms with E-state index in [2.05, 4.69) is 15.6 Å². The molecule has 2 N–H and O–H groups in total. The second-order valence-electron chi connectivity index (χ2n) is 4.90. The van der Waals surface area contributed by atoms with E-state index in [4.69, 9.17) is 4.74 Å². The van der Waals surface area contributed by atoms with Crippen molar-refractivity contribution in [2.45, 2.75) is 26.3 Å². The number of rotatable bonds is 7. The quantitative estimate of drug-likeness (QED) is 0.822. The molecule has 0 unspecified atom stereocenters. The summed E-state index contributed by atoms with van der Waals surface area (Å²) < 4.78 is 5.31. The maximum absolute atomic E-state index is 11.5. The Morgan fingerprint density at radius 2 is 2.05 bits per heavy atom. The first-order chi connectivity index (χ1) is 10.7. The van der Waals surface area contributed by atoms with Crippen LogP contribution in [0.1, 0.15) is 25.3 Å². The van der Waals surface area contributed by atoms with E-state index in [9.17, 15) is 4.79 Å². The summed E-state index contributed by atoms with van der Waals surface area (Å²) in [6.07, 6.45) is 3.00. The lowest BCUT2D eigenvalue weighted by Gasteiger charge is -2.10. The summed E-state index contributed by atoms with van der Waals surface area (Å²) in [6.45, 7) is 2.60. The number of carbonyl (C=O) groups excluding carboxylic acids is 1. The van der Waals surface area contributed by atoms with E-state index in [0.29, 0.717) is 18.7 Å². The van der Waals surface area contributed by atoms with Crippen molar-refractivity contribution >= 4 is 17.4 Å². The van der Waals surface area contributed by atoms with Gasteiger partial charge in [-0.3, -0.25) is 4.79 Å². The Balaban J connectivity index is 1.92. The number of pyridine rings is 1. The molecule has 2 aromatic rings. The van der Waals surface area contributed by atoms with Crippen LogP contribution in [0.25, 0.3) is 0 Å². The molecule has 2 rings (SSSR count). The van der Waals surface area contributed by atoms with Crippen LogP contribution in [-0.4, -0.2) is 18.0 Å². The number of carbonyl (C=O) groups is 1. The van der Waals surface area contributed by atoms with Gasteiger partial charge in [0.25, 0.3) is 0 Å². The number of nitrogens with one attached hydrogen (secondary N) is 2. The third kappa shape index (κ3) is 4.48. The summed E-state index contributed by atoms with van der Waals surface area (Å²) in [6, 6.07) is 11.5. The molecule has 0 spiro atoms. The van der Waals surface area contributed by atoms with E-state index in [0.717, 1.165) is 23.6 Å². The highest BCUT2D eigenvalue weighted by molar-refractivity contribution is 5.90. The van der Waals surface area contributed by atoms with Crippen LogP contribution >= 0.6 is 0 Å². The first kappa shape index (κ1) is 15.8. The molecule has 0 aliphatic heterocycles. The molecule has 0 fully saturated rings. The number of nitrogens with zero attached hydrogens (tertiary/aromatic N) is 1. The molecule has 0 bridgehead atoms. The second kappa shape index (κ2) is 8.02. The number of anilines is 2. The van der Waals surface area contributed by atoms with E-state index in [1.165, 1.54) is 0 Å². The van der Waals surface area contributed by atoms with Crippen LogP contribution in [0.3, 0.4) is 0 Å². The Hall–Kier alpha value is -2.56. The van der Waals surface area contributed by atoms with Crippen molar-refractivity contribution in [2.24, 2.45) is 0 Å². The van der Waals surface area contributed by atoms with Gasteiger partial charge >= 0.3 is 0 Å². The summed E-state index contributed by atoms with van der Waals surface area (Å²) in [7, 11) is 1.66. The SMILES string of the molecule is CCCC(=O)Nc1ccc(NCc2ccccc2OC)nc1. The fourth-order valence-corrected chi connectivity index (χ4v) is 2.06. The number of hydrogen-bond donors (Lipinski definition) is 2. The predicted molar refractivity (Wildman–Crippen MR) is 88.1 cm³/mol. The molecule has 116 valence electrons. The van der Waals surface area contributed by atoms with Gasteiger partial charge in [0, 0.05) is 18.5 Å². The number of benzene rings is 1. The molecule has 1 aromatic carbocycles. The first-order valence-electron chi connectivity index (χ1n) is 7.34. The van der Waals surface area contributed by atoms with E-state index in [1.807, 2.05) is 43.3 Å². The first-order valence-corrected chi connectivity index (χ1v) is 7.34. The normalized spacial score (nSPS) is 10.1. The molecule has 0 aliphatic carbocycles. The molecule has 1 amide bonds. The highest BCUT2D eigenvalue weighted by Gasteiger charge is 2.03. The van der Waals surface area contributed by atoms with Gasteiger partial charge in [0.05, 0.1) is 19.0 Å². The minimum atomic E-state index is 0.0130. The third-order valence-electron chi connectivity index (χ3n) is 3.18. The second-order valence-corrected chi connectivity index (χ2v) is 4.90. The molecule has 22 heavy (non-hydrogen) atoms. The molecule has 0 aliphatic rings. The zero-order chi connectivity index (χ0) is 15.8. The molecule has 1 aromatic heterocycles. The highest BCUT2D eigenvalue weighted by atomic mass is 16.5. The summed E-state index contributed by atoms with van der Waals surface area (Å²) in [5.74, 6) is 1.61. The number of amides is 1. The fourth-order valence-electron chi connectivity index (χ4n) is 2.06. The van der Waals surface area contributed by atoms with Crippen molar-refractivity contribution in [3.63, 3.8) is 0 Å². The van der Waals surface area contributed by atoms with E-state index >= 15 is 0 Å². The Labute approximate surface area is 130 Å². The number of aromatic nitrogens is 1. The molecular weight excluding hydrogens is 278 g/mol. The van der Waals surface area contributed by atoms with Crippen LogP contribution in [0, 0.1) is 0 Å². The highest BCUT2D eigenvalue weighted by Crippen LogP contribution is 2.18. The standard InChI is InChI=1S/C17H21N3O2/c1-3-6-17(21)20-14-9-10-16(19-12-14)18-11-13-7-4-5-8-15(13)22-2/h4-5,7-10,12H,3,6,11H2,1-2H3,(H,18,19)(H,20,21). The van der Waals surface area contributed by atoms with E-state index in [-0.39, 0.29) is 5.91 Å². The maximum Gasteiger partial charge on any atom is 0.224 e. The van der Waals surface area contributed by atoms with E-state index < -0.39 is 0 Å². The predicted octanol–water partition coefficient (Wildman–Crippen LogP) is 3.44. The smallest absolute Gasteiger partial charge is 0.224 e. The van der Waals surface area contributed by atoms with Crippen molar-refractivity contribution in [2.75, 3.05) is 17.7 Å². The molecule has 0 saturated heterocycles. The van der Waals surface area contributed by atoms with Gasteiger partial charge in [0.2, 0.25) is 5.91 Å².